The molecule has 7 heteroatoms. The number of rotatable bonds is 2. The van der Waals surface area contributed by atoms with E-state index in [-0.39, 0.29) is 11.8 Å². The molecule has 1 aliphatic heterocycles. The van der Waals surface area contributed by atoms with Crippen LogP contribution in [0.5, 0.6) is 5.75 Å². The molecule has 1 aliphatic rings. The van der Waals surface area contributed by atoms with Gasteiger partial charge in [0.15, 0.2) is 6.10 Å². The molecule has 1 atom stereocenters. The minimum Gasteiger partial charge on any atom is -0.479 e. The summed E-state index contributed by atoms with van der Waals surface area (Å²) in [7, 11) is 0. The van der Waals surface area contributed by atoms with Crippen LogP contribution in [0.25, 0.3) is 0 Å². The molecule has 0 spiro atoms. The zero-order chi connectivity index (χ0) is 16.6. The molecule has 5 nitrogen and oxygen atoms in total. The van der Waals surface area contributed by atoms with Crippen LogP contribution in [0.3, 0.4) is 0 Å². The van der Waals surface area contributed by atoms with Crippen molar-refractivity contribution < 1.29 is 14.3 Å². The molecule has 23 heavy (non-hydrogen) atoms. The summed E-state index contributed by atoms with van der Waals surface area (Å²) in [6, 6.07) is 10.0. The number of halogens is 2. The molecule has 0 bridgehead atoms. The van der Waals surface area contributed by atoms with E-state index in [4.69, 9.17) is 16.3 Å². The molecule has 1 unspecified atom stereocenters. The Kier molecular flexibility index (Phi) is 4.28. The number of amides is 2. The zero-order valence-corrected chi connectivity index (χ0v) is 14.4. The number of carbonyl (C=O) groups is 2. The average Bonchev–Trinajstić information content (AvgIpc) is 2.51. The molecule has 0 saturated carbocycles. The summed E-state index contributed by atoms with van der Waals surface area (Å²) < 4.78 is 6.12. The van der Waals surface area contributed by atoms with Gasteiger partial charge in [-0.2, -0.15) is 0 Å². The summed E-state index contributed by atoms with van der Waals surface area (Å²) in [6.07, 6.45) is -0.537. The highest BCUT2D eigenvalue weighted by Crippen LogP contribution is 2.32. The van der Waals surface area contributed by atoms with E-state index in [0.717, 1.165) is 0 Å². The van der Waals surface area contributed by atoms with Crippen LogP contribution < -0.4 is 15.4 Å². The topological polar surface area (TPSA) is 67.4 Å². The molecule has 3 rings (SSSR count). The molecule has 0 radical (unpaired) electrons. The van der Waals surface area contributed by atoms with Crippen molar-refractivity contribution in [3.05, 3.63) is 51.5 Å². The lowest BCUT2D eigenvalue weighted by Crippen LogP contribution is -2.34. The van der Waals surface area contributed by atoms with Crippen LogP contribution >= 0.6 is 27.5 Å². The highest BCUT2D eigenvalue weighted by molar-refractivity contribution is 9.10. The maximum atomic E-state index is 12.4. The molecule has 2 aromatic carbocycles. The SMILES string of the molecule is CC1Oc2ccc(NC(=O)c3cc(Cl)ccc3Br)cc2NC1=O. The van der Waals surface area contributed by atoms with Crippen molar-refractivity contribution in [3.63, 3.8) is 0 Å². The van der Waals surface area contributed by atoms with Gasteiger partial charge in [-0.25, -0.2) is 0 Å². The number of fused-ring (bicyclic) bond motifs is 1. The van der Waals surface area contributed by atoms with Crippen LogP contribution in [0.1, 0.15) is 17.3 Å². The summed E-state index contributed by atoms with van der Waals surface area (Å²) in [5.74, 6) is 0.0355. The molecule has 0 aliphatic carbocycles. The van der Waals surface area contributed by atoms with Crippen molar-refractivity contribution in [1.29, 1.82) is 0 Å². The van der Waals surface area contributed by atoms with E-state index in [2.05, 4.69) is 26.6 Å². The van der Waals surface area contributed by atoms with E-state index >= 15 is 0 Å². The second kappa shape index (κ2) is 6.22. The van der Waals surface area contributed by atoms with Gasteiger partial charge in [-0.3, -0.25) is 9.59 Å². The van der Waals surface area contributed by atoms with Gasteiger partial charge in [-0.1, -0.05) is 11.6 Å². The minimum absolute atomic E-state index is 0.224. The third-order valence-corrected chi connectivity index (χ3v) is 4.27. The van der Waals surface area contributed by atoms with Gasteiger partial charge in [0, 0.05) is 15.2 Å². The van der Waals surface area contributed by atoms with Gasteiger partial charge < -0.3 is 15.4 Å². The van der Waals surface area contributed by atoms with Crippen LogP contribution in [0.4, 0.5) is 11.4 Å². The Morgan fingerprint density at radius 2 is 2.09 bits per heavy atom. The normalized spacial score (nSPS) is 16.1. The van der Waals surface area contributed by atoms with Crippen LogP contribution in [-0.2, 0) is 4.79 Å². The molecular formula is C16H12BrClN2O3. The smallest absolute Gasteiger partial charge is 0.265 e. The summed E-state index contributed by atoms with van der Waals surface area (Å²) in [5.41, 5.74) is 1.49. The predicted molar refractivity (Wildman–Crippen MR) is 92.3 cm³/mol. The van der Waals surface area contributed by atoms with Gasteiger partial charge >= 0.3 is 0 Å². The zero-order valence-electron chi connectivity index (χ0n) is 12.0. The van der Waals surface area contributed by atoms with Crippen molar-refractivity contribution in [1.82, 2.24) is 0 Å². The van der Waals surface area contributed by atoms with Gasteiger partial charge in [0.1, 0.15) is 5.75 Å². The second-order valence-electron chi connectivity index (χ2n) is 5.04. The first-order valence-electron chi connectivity index (χ1n) is 6.82. The van der Waals surface area contributed by atoms with Gasteiger partial charge in [0.2, 0.25) is 0 Å². The molecule has 0 fully saturated rings. The van der Waals surface area contributed by atoms with Gasteiger partial charge in [0.25, 0.3) is 11.8 Å². The Bertz CT molecular complexity index is 810. The number of carbonyl (C=O) groups excluding carboxylic acids is 2. The minimum atomic E-state index is -0.537. The van der Waals surface area contributed by atoms with Crippen molar-refractivity contribution in [2.75, 3.05) is 10.6 Å². The number of hydrogen-bond acceptors (Lipinski definition) is 3. The maximum absolute atomic E-state index is 12.4. The molecule has 2 N–H and O–H groups in total. The van der Waals surface area contributed by atoms with E-state index in [0.29, 0.717) is 32.2 Å². The fraction of sp³-hybridized carbons (Fsp3) is 0.125. The number of hydrogen-bond donors (Lipinski definition) is 2. The Labute approximate surface area is 146 Å². The lowest BCUT2D eigenvalue weighted by Gasteiger charge is -2.23. The lowest BCUT2D eigenvalue weighted by atomic mass is 10.2. The first kappa shape index (κ1) is 15.8. The Morgan fingerprint density at radius 3 is 2.87 bits per heavy atom. The van der Waals surface area contributed by atoms with Crippen LogP contribution in [-0.4, -0.2) is 17.9 Å². The maximum Gasteiger partial charge on any atom is 0.265 e. The summed E-state index contributed by atoms with van der Waals surface area (Å²) in [6.45, 7) is 1.67. The number of nitrogens with one attached hydrogen (secondary N) is 2. The van der Waals surface area contributed by atoms with Crippen LogP contribution in [0.15, 0.2) is 40.9 Å². The summed E-state index contributed by atoms with van der Waals surface area (Å²) in [5, 5.41) is 5.98. The number of ether oxygens (including phenoxy) is 1. The van der Waals surface area contributed by atoms with E-state index < -0.39 is 6.10 Å². The van der Waals surface area contributed by atoms with E-state index in [9.17, 15) is 9.59 Å². The Hall–Kier alpha value is -2.05. The lowest BCUT2D eigenvalue weighted by molar-refractivity contribution is -0.122. The predicted octanol–water partition coefficient (Wildman–Crippen LogP) is 4.07. The van der Waals surface area contributed by atoms with Crippen LogP contribution in [0.2, 0.25) is 5.02 Å². The average molecular weight is 396 g/mol. The summed E-state index contributed by atoms with van der Waals surface area (Å²) in [4.78, 5) is 24.0. The molecule has 0 saturated heterocycles. The Morgan fingerprint density at radius 1 is 1.30 bits per heavy atom. The van der Waals surface area contributed by atoms with Crippen molar-refractivity contribution in [2.24, 2.45) is 0 Å². The quantitative estimate of drug-likeness (QED) is 0.805. The molecule has 2 aromatic rings. The van der Waals surface area contributed by atoms with E-state index in [1.54, 1.807) is 43.3 Å². The highest BCUT2D eigenvalue weighted by Gasteiger charge is 2.23. The van der Waals surface area contributed by atoms with Gasteiger partial charge in [-0.05, 0) is 59.3 Å². The second-order valence-corrected chi connectivity index (χ2v) is 6.33. The van der Waals surface area contributed by atoms with E-state index in [1.165, 1.54) is 0 Å². The molecule has 0 aromatic heterocycles. The number of benzene rings is 2. The largest absolute Gasteiger partial charge is 0.479 e. The van der Waals surface area contributed by atoms with Crippen molar-refractivity contribution >= 4 is 50.7 Å². The first-order valence-corrected chi connectivity index (χ1v) is 7.99. The van der Waals surface area contributed by atoms with Gasteiger partial charge in [-0.15, -0.1) is 0 Å². The molecular weight excluding hydrogens is 384 g/mol. The van der Waals surface area contributed by atoms with Crippen molar-refractivity contribution in [2.45, 2.75) is 13.0 Å². The molecule has 2 amide bonds. The van der Waals surface area contributed by atoms with Gasteiger partial charge in [0.05, 0.1) is 11.3 Å². The summed E-state index contributed by atoms with van der Waals surface area (Å²) >= 11 is 9.25. The fourth-order valence-electron chi connectivity index (χ4n) is 2.16. The monoisotopic (exact) mass is 394 g/mol. The van der Waals surface area contributed by atoms with E-state index in [1.807, 2.05) is 0 Å². The van der Waals surface area contributed by atoms with Crippen molar-refractivity contribution in [3.8, 4) is 5.75 Å². The van der Waals surface area contributed by atoms with Crippen LogP contribution in [0, 0.1) is 0 Å². The number of anilines is 2. The highest BCUT2D eigenvalue weighted by atomic mass is 79.9. The Balaban J connectivity index is 1.84. The third-order valence-electron chi connectivity index (χ3n) is 3.34. The standard InChI is InChI=1S/C16H12BrClN2O3/c1-8-15(21)20-13-7-10(3-5-14(13)23-8)19-16(22)11-6-9(18)2-4-12(11)17/h2-8H,1H3,(H,19,22)(H,20,21). The fourth-order valence-corrected chi connectivity index (χ4v) is 2.76. The third kappa shape index (κ3) is 3.33. The molecule has 118 valence electrons. The molecule has 1 heterocycles. The first-order chi connectivity index (χ1) is 10.9.